The van der Waals surface area contributed by atoms with Gasteiger partial charge in [-0.25, -0.2) is 0 Å². The SMILES string of the molecule is CC(C)C(S)C(=O)N1C[C@@H](C)O[C@@H](C)C1. The highest BCUT2D eigenvalue weighted by Crippen LogP contribution is 2.17. The van der Waals surface area contributed by atoms with Gasteiger partial charge in [0.1, 0.15) is 0 Å². The first-order valence-electron chi connectivity index (χ1n) is 5.54. The van der Waals surface area contributed by atoms with Crippen LogP contribution < -0.4 is 0 Å². The lowest BCUT2D eigenvalue weighted by Gasteiger charge is -2.37. The maximum atomic E-state index is 12.0. The summed E-state index contributed by atoms with van der Waals surface area (Å²) in [4.78, 5) is 13.9. The maximum absolute atomic E-state index is 12.0. The van der Waals surface area contributed by atoms with E-state index in [0.717, 1.165) is 0 Å². The fraction of sp³-hybridized carbons (Fsp3) is 0.909. The number of hydrogen-bond acceptors (Lipinski definition) is 3. The maximum Gasteiger partial charge on any atom is 0.235 e. The van der Waals surface area contributed by atoms with Gasteiger partial charge < -0.3 is 9.64 Å². The van der Waals surface area contributed by atoms with E-state index in [-0.39, 0.29) is 29.3 Å². The van der Waals surface area contributed by atoms with E-state index in [2.05, 4.69) is 12.6 Å². The summed E-state index contributed by atoms with van der Waals surface area (Å²) in [5, 5.41) is -0.192. The Hall–Kier alpha value is -0.220. The molecule has 0 aromatic rings. The van der Waals surface area contributed by atoms with Gasteiger partial charge in [0.25, 0.3) is 0 Å². The topological polar surface area (TPSA) is 29.5 Å². The van der Waals surface area contributed by atoms with E-state index < -0.39 is 0 Å². The number of nitrogens with zero attached hydrogens (tertiary/aromatic N) is 1. The molecular formula is C11H21NO2S. The van der Waals surface area contributed by atoms with E-state index in [1.807, 2.05) is 32.6 Å². The molecule has 0 aliphatic carbocycles. The van der Waals surface area contributed by atoms with E-state index in [9.17, 15) is 4.79 Å². The van der Waals surface area contributed by atoms with Gasteiger partial charge in [0.2, 0.25) is 5.91 Å². The number of hydrogen-bond donors (Lipinski definition) is 1. The average molecular weight is 231 g/mol. The van der Waals surface area contributed by atoms with Crippen molar-refractivity contribution >= 4 is 18.5 Å². The summed E-state index contributed by atoms with van der Waals surface area (Å²) < 4.78 is 5.59. The van der Waals surface area contributed by atoms with Crippen LogP contribution in [0.1, 0.15) is 27.7 Å². The molecule has 1 unspecified atom stereocenters. The molecule has 0 spiro atoms. The molecule has 3 nitrogen and oxygen atoms in total. The van der Waals surface area contributed by atoms with Crippen LogP contribution in [0.15, 0.2) is 0 Å². The number of ether oxygens (including phenoxy) is 1. The molecule has 0 saturated carbocycles. The zero-order valence-corrected chi connectivity index (χ0v) is 10.8. The van der Waals surface area contributed by atoms with Gasteiger partial charge >= 0.3 is 0 Å². The number of morpholine rings is 1. The zero-order valence-electron chi connectivity index (χ0n) is 9.93. The van der Waals surface area contributed by atoms with E-state index in [1.165, 1.54) is 0 Å². The van der Waals surface area contributed by atoms with Gasteiger partial charge in [0, 0.05) is 13.1 Å². The average Bonchev–Trinajstić information content (AvgIpc) is 2.13. The van der Waals surface area contributed by atoms with Crippen LogP contribution >= 0.6 is 12.6 Å². The van der Waals surface area contributed by atoms with Crippen LogP contribution in [0.5, 0.6) is 0 Å². The third kappa shape index (κ3) is 3.38. The molecule has 1 amide bonds. The van der Waals surface area contributed by atoms with Crippen molar-refractivity contribution in [1.29, 1.82) is 0 Å². The molecular weight excluding hydrogens is 210 g/mol. The molecule has 1 heterocycles. The summed E-state index contributed by atoms with van der Waals surface area (Å²) in [7, 11) is 0. The first kappa shape index (κ1) is 12.8. The van der Waals surface area contributed by atoms with Crippen LogP contribution in [-0.4, -0.2) is 41.4 Å². The minimum Gasteiger partial charge on any atom is -0.372 e. The van der Waals surface area contributed by atoms with Gasteiger partial charge in [-0.2, -0.15) is 12.6 Å². The highest BCUT2D eigenvalue weighted by Gasteiger charge is 2.30. The Balaban J connectivity index is 2.59. The summed E-state index contributed by atoms with van der Waals surface area (Å²) in [6.07, 6.45) is 0.260. The summed E-state index contributed by atoms with van der Waals surface area (Å²) in [6, 6.07) is 0. The van der Waals surface area contributed by atoms with Crippen molar-refractivity contribution in [3.63, 3.8) is 0 Å². The Labute approximate surface area is 97.6 Å². The van der Waals surface area contributed by atoms with E-state index in [4.69, 9.17) is 4.74 Å². The van der Waals surface area contributed by atoms with Gasteiger partial charge in [-0.05, 0) is 19.8 Å². The van der Waals surface area contributed by atoms with Crippen LogP contribution in [0.3, 0.4) is 0 Å². The molecule has 15 heavy (non-hydrogen) atoms. The summed E-state index contributed by atoms with van der Waals surface area (Å²) in [5.41, 5.74) is 0. The lowest BCUT2D eigenvalue weighted by Crippen LogP contribution is -2.51. The fourth-order valence-corrected chi connectivity index (χ4v) is 1.99. The summed E-state index contributed by atoms with van der Waals surface area (Å²) in [6.45, 7) is 9.41. The van der Waals surface area contributed by atoms with Crippen LogP contribution in [-0.2, 0) is 9.53 Å². The van der Waals surface area contributed by atoms with Crippen molar-refractivity contribution in [3.05, 3.63) is 0 Å². The van der Waals surface area contributed by atoms with E-state index in [1.54, 1.807) is 0 Å². The molecule has 1 fully saturated rings. The van der Waals surface area contributed by atoms with Crippen LogP contribution in [0, 0.1) is 5.92 Å². The van der Waals surface area contributed by atoms with Crippen molar-refractivity contribution in [2.45, 2.75) is 45.2 Å². The molecule has 0 radical (unpaired) electrons. The first-order chi connectivity index (χ1) is 6.91. The Morgan fingerprint density at radius 3 is 2.20 bits per heavy atom. The van der Waals surface area contributed by atoms with Crippen molar-refractivity contribution < 1.29 is 9.53 Å². The third-order valence-corrected chi connectivity index (χ3v) is 3.43. The Morgan fingerprint density at radius 2 is 1.80 bits per heavy atom. The number of carbonyl (C=O) groups excluding carboxylic acids is 1. The second kappa shape index (κ2) is 5.21. The highest BCUT2D eigenvalue weighted by molar-refractivity contribution is 7.81. The smallest absolute Gasteiger partial charge is 0.235 e. The minimum atomic E-state index is -0.192. The molecule has 1 rings (SSSR count). The van der Waals surface area contributed by atoms with Crippen molar-refractivity contribution in [2.24, 2.45) is 5.92 Å². The number of thiol groups is 1. The van der Waals surface area contributed by atoms with E-state index in [0.29, 0.717) is 13.1 Å². The zero-order chi connectivity index (χ0) is 11.6. The van der Waals surface area contributed by atoms with E-state index >= 15 is 0 Å². The highest BCUT2D eigenvalue weighted by atomic mass is 32.1. The Morgan fingerprint density at radius 1 is 1.33 bits per heavy atom. The standard InChI is InChI=1S/C11H21NO2S/c1-7(2)10(15)11(13)12-5-8(3)14-9(4)6-12/h7-10,15H,5-6H2,1-4H3/t8-,9+,10?. The first-order valence-corrected chi connectivity index (χ1v) is 6.05. The Bertz CT molecular complexity index is 223. The number of carbonyl (C=O) groups is 1. The number of amides is 1. The molecule has 3 atom stereocenters. The molecule has 0 aromatic carbocycles. The third-order valence-electron chi connectivity index (χ3n) is 2.62. The normalized spacial score (nSPS) is 29.3. The second-order valence-electron chi connectivity index (χ2n) is 4.69. The van der Waals surface area contributed by atoms with Crippen molar-refractivity contribution in [3.8, 4) is 0 Å². The van der Waals surface area contributed by atoms with Gasteiger partial charge in [0.15, 0.2) is 0 Å². The molecule has 4 heteroatoms. The fourth-order valence-electron chi connectivity index (χ4n) is 1.83. The predicted octanol–water partition coefficient (Wildman–Crippen LogP) is 1.58. The lowest BCUT2D eigenvalue weighted by atomic mass is 10.1. The van der Waals surface area contributed by atoms with Crippen LogP contribution in [0.2, 0.25) is 0 Å². The molecule has 0 N–H and O–H groups in total. The van der Waals surface area contributed by atoms with Crippen molar-refractivity contribution in [1.82, 2.24) is 4.90 Å². The van der Waals surface area contributed by atoms with Crippen LogP contribution in [0.4, 0.5) is 0 Å². The molecule has 88 valence electrons. The quantitative estimate of drug-likeness (QED) is 0.731. The van der Waals surface area contributed by atoms with Gasteiger partial charge in [0.05, 0.1) is 17.5 Å². The molecule has 1 saturated heterocycles. The summed E-state index contributed by atoms with van der Waals surface area (Å²) >= 11 is 4.36. The largest absolute Gasteiger partial charge is 0.372 e. The van der Waals surface area contributed by atoms with Gasteiger partial charge in [-0.1, -0.05) is 13.8 Å². The summed E-state index contributed by atoms with van der Waals surface area (Å²) in [5.74, 6) is 0.407. The van der Waals surface area contributed by atoms with Crippen molar-refractivity contribution in [2.75, 3.05) is 13.1 Å². The van der Waals surface area contributed by atoms with Gasteiger partial charge in [-0.3, -0.25) is 4.79 Å². The van der Waals surface area contributed by atoms with Gasteiger partial charge in [-0.15, -0.1) is 0 Å². The molecule has 1 aliphatic heterocycles. The number of rotatable bonds is 2. The van der Waals surface area contributed by atoms with Crippen LogP contribution in [0.25, 0.3) is 0 Å². The second-order valence-corrected chi connectivity index (χ2v) is 5.25. The predicted molar refractivity (Wildman–Crippen MR) is 64.2 cm³/mol. The molecule has 1 aliphatic rings. The Kier molecular flexibility index (Phi) is 4.46. The molecule has 0 bridgehead atoms. The monoisotopic (exact) mass is 231 g/mol. The lowest BCUT2D eigenvalue weighted by molar-refractivity contribution is -0.143. The molecule has 0 aromatic heterocycles. The minimum absolute atomic E-state index is 0.130.